The molecular weight excluding hydrogens is 268 g/mol. The van der Waals surface area contributed by atoms with Crippen molar-refractivity contribution in [2.24, 2.45) is 5.41 Å². The minimum absolute atomic E-state index is 0.0427. The Bertz CT molecular complexity index is 465. The molecule has 0 bridgehead atoms. The first kappa shape index (κ1) is 14.5. The van der Waals surface area contributed by atoms with E-state index in [-0.39, 0.29) is 12.0 Å². The van der Waals surface area contributed by atoms with Crippen LogP contribution in [0.2, 0.25) is 0 Å². The minimum atomic E-state index is -0.0427. The molecule has 1 aromatic heterocycles. The lowest BCUT2D eigenvalue weighted by Gasteiger charge is -2.39. The number of rotatable bonds is 5. The molecule has 2 aliphatic rings. The first-order valence-electron chi connectivity index (χ1n) is 7.71. The van der Waals surface area contributed by atoms with Crippen LogP contribution in [0.5, 0.6) is 5.88 Å². The molecule has 0 spiro atoms. The third-order valence-corrected chi connectivity index (χ3v) is 4.68. The molecule has 0 unspecified atom stereocenters. The summed E-state index contributed by atoms with van der Waals surface area (Å²) in [6, 6.07) is 1.79. The van der Waals surface area contributed by atoms with Crippen molar-refractivity contribution in [2.45, 2.75) is 19.3 Å². The molecule has 0 amide bonds. The van der Waals surface area contributed by atoms with E-state index >= 15 is 0 Å². The SMILES string of the molecule is CN1CCN(c2nccc(OCC3(CO)CCC3)n2)CC1. The van der Waals surface area contributed by atoms with Crippen molar-refractivity contribution < 1.29 is 9.84 Å². The Balaban J connectivity index is 1.60. The quantitative estimate of drug-likeness (QED) is 0.865. The summed E-state index contributed by atoms with van der Waals surface area (Å²) in [6.07, 6.45) is 5.02. The number of nitrogens with zero attached hydrogens (tertiary/aromatic N) is 4. The fraction of sp³-hybridized carbons (Fsp3) is 0.733. The van der Waals surface area contributed by atoms with Gasteiger partial charge in [-0.2, -0.15) is 4.98 Å². The van der Waals surface area contributed by atoms with E-state index in [2.05, 4.69) is 26.8 Å². The second-order valence-corrected chi connectivity index (χ2v) is 6.29. The number of piperazine rings is 1. The Hall–Kier alpha value is -1.40. The normalized spacial score (nSPS) is 21.9. The molecule has 1 N–H and O–H groups in total. The number of ether oxygens (including phenoxy) is 1. The molecule has 1 aromatic rings. The van der Waals surface area contributed by atoms with Gasteiger partial charge in [-0.25, -0.2) is 4.98 Å². The fourth-order valence-corrected chi connectivity index (χ4v) is 2.82. The van der Waals surface area contributed by atoms with Gasteiger partial charge in [0, 0.05) is 43.9 Å². The molecular formula is C15H24N4O2. The van der Waals surface area contributed by atoms with Crippen molar-refractivity contribution in [2.75, 3.05) is 51.3 Å². The van der Waals surface area contributed by atoms with Crippen LogP contribution in [0.4, 0.5) is 5.95 Å². The maximum atomic E-state index is 9.47. The summed E-state index contributed by atoms with van der Waals surface area (Å²) in [4.78, 5) is 13.4. The summed E-state index contributed by atoms with van der Waals surface area (Å²) in [5, 5.41) is 9.47. The van der Waals surface area contributed by atoms with E-state index in [9.17, 15) is 5.11 Å². The fourth-order valence-electron chi connectivity index (χ4n) is 2.82. The van der Waals surface area contributed by atoms with Gasteiger partial charge in [-0.3, -0.25) is 0 Å². The third kappa shape index (κ3) is 3.27. The number of likely N-dealkylation sites (N-methyl/N-ethyl adjacent to an activating group) is 1. The molecule has 1 saturated heterocycles. The number of anilines is 1. The van der Waals surface area contributed by atoms with Crippen molar-refractivity contribution >= 4 is 5.95 Å². The van der Waals surface area contributed by atoms with E-state index in [0.717, 1.165) is 45.0 Å². The van der Waals surface area contributed by atoms with Crippen LogP contribution in [0, 0.1) is 5.41 Å². The zero-order valence-electron chi connectivity index (χ0n) is 12.7. The molecule has 0 aromatic carbocycles. The van der Waals surface area contributed by atoms with Crippen LogP contribution >= 0.6 is 0 Å². The summed E-state index contributed by atoms with van der Waals surface area (Å²) in [5.74, 6) is 1.35. The number of aliphatic hydroxyl groups excluding tert-OH is 1. The lowest BCUT2D eigenvalue weighted by molar-refractivity contribution is -0.00128. The number of aliphatic hydroxyl groups is 1. The van der Waals surface area contributed by atoms with Gasteiger partial charge in [0.2, 0.25) is 11.8 Å². The first-order chi connectivity index (χ1) is 10.2. The Morgan fingerprint density at radius 1 is 1.29 bits per heavy atom. The van der Waals surface area contributed by atoms with Gasteiger partial charge in [0.05, 0.1) is 13.2 Å². The van der Waals surface area contributed by atoms with Crippen LogP contribution in [0.3, 0.4) is 0 Å². The Morgan fingerprint density at radius 3 is 2.67 bits per heavy atom. The Kier molecular flexibility index (Phi) is 4.26. The van der Waals surface area contributed by atoms with E-state index in [1.165, 1.54) is 6.42 Å². The summed E-state index contributed by atoms with van der Waals surface area (Å²) < 4.78 is 5.81. The van der Waals surface area contributed by atoms with Crippen LogP contribution in [0.25, 0.3) is 0 Å². The summed E-state index contributed by atoms with van der Waals surface area (Å²) in [5.41, 5.74) is -0.0427. The standard InChI is InChI=1S/C15H24N4O2/c1-18-7-9-19(10-8-18)14-16-6-3-13(17-14)21-12-15(11-20)4-2-5-15/h3,6,20H,2,4-5,7-12H2,1H3. The van der Waals surface area contributed by atoms with Gasteiger partial charge in [-0.1, -0.05) is 6.42 Å². The Morgan fingerprint density at radius 2 is 2.05 bits per heavy atom. The lowest BCUT2D eigenvalue weighted by Crippen LogP contribution is -2.45. The molecule has 1 aliphatic carbocycles. The predicted octanol–water partition coefficient (Wildman–Crippen LogP) is 0.770. The Labute approximate surface area is 125 Å². The zero-order valence-corrected chi connectivity index (χ0v) is 12.7. The van der Waals surface area contributed by atoms with Crippen molar-refractivity contribution in [3.8, 4) is 5.88 Å². The van der Waals surface area contributed by atoms with E-state index in [0.29, 0.717) is 12.5 Å². The van der Waals surface area contributed by atoms with Crippen LogP contribution < -0.4 is 9.64 Å². The minimum Gasteiger partial charge on any atom is -0.477 e. The van der Waals surface area contributed by atoms with Crippen LogP contribution in [0.15, 0.2) is 12.3 Å². The molecule has 116 valence electrons. The second kappa shape index (κ2) is 6.15. The van der Waals surface area contributed by atoms with Gasteiger partial charge in [0.15, 0.2) is 0 Å². The number of hydrogen-bond donors (Lipinski definition) is 1. The average molecular weight is 292 g/mol. The number of hydrogen-bond acceptors (Lipinski definition) is 6. The molecule has 2 fully saturated rings. The van der Waals surface area contributed by atoms with Gasteiger partial charge in [0.25, 0.3) is 0 Å². The highest BCUT2D eigenvalue weighted by molar-refractivity contribution is 5.32. The van der Waals surface area contributed by atoms with Gasteiger partial charge in [0.1, 0.15) is 0 Å². The zero-order chi connectivity index (χ0) is 14.7. The third-order valence-electron chi connectivity index (χ3n) is 4.68. The molecule has 6 nitrogen and oxygen atoms in total. The van der Waals surface area contributed by atoms with E-state index in [4.69, 9.17) is 4.74 Å². The van der Waals surface area contributed by atoms with Crippen molar-refractivity contribution in [3.05, 3.63) is 12.3 Å². The summed E-state index contributed by atoms with van der Waals surface area (Å²) in [7, 11) is 2.13. The van der Waals surface area contributed by atoms with Crippen molar-refractivity contribution in [3.63, 3.8) is 0 Å². The molecule has 1 saturated carbocycles. The smallest absolute Gasteiger partial charge is 0.228 e. The van der Waals surface area contributed by atoms with Gasteiger partial charge in [-0.05, 0) is 19.9 Å². The molecule has 3 rings (SSSR count). The van der Waals surface area contributed by atoms with E-state index in [1.807, 2.05) is 0 Å². The van der Waals surface area contributed by atoms with Crippen molar-refractivity contribution in [1.82, 2.24) is 14.9 Å². The highest BCUT2D eigenvalue weighted by atomic mass is 16.5. The maximum absolute atomic E-state index is 9.47. The van der Waals surface area contributed by atoms with Gasteiger partial charge < -0.3 is 19.6 Å². The van der Waals surface area contributed by atoms with E-state index in [1.54, 1.807) is 12.3 Å². The molecule has 1 aliphatic heterocycles. The highest BCUT2D eigenvalue weighted by Gasteiger charge is 2.37. The van der Waals surface area contributed by atoms with Crippen molar-refractivity contribution in [1.29, 1.82) is 0 Å². The molecule has 2 heterocycles. The molecule has 0 atom stereocenters. The second-order valence-electron chi connectivity index (χ2n) is 6.29. The van der Waals surface area contributed by atoms with Gasteiger partial charge in [-0.15, -0.1) is 0 Å². The number of aromatic nitrogens is 2. The summed E-state index contributed by atoms with van der Waals surface area (Å²) in [6.45, 7) is 4.69. The maximum Gasteiger partial charge on any atom is 0.228 e. The largest absolute Gasteiger partial charge is 0.477 e. The average Bonchev–Trinajstić information content (AvgIpc) is 2.48. The van der Waals surface area contributed by atoms with E-state index < -0.39 is 0 Å². The predicted molar refractivity (Wildman–Crippen MR) is 80.6 cm³/mol. The first-order valence-corrected chi connectivity index (χ1v) is 7.71. The molecule has 6 heteroatoms. The molecule has 21 heavy (non-hydrogen) atoms. The highest BCUT2D eigenvalue weighted by Crippen LogP contribution is 2.40. The van der Waals surface area contributed by atoms with Crippen LogP contribution in [-0.4, -0.2) is 66.4 Å². The monoisotopic (exact) mass is 292 g/mol. The van der Waals surface area contributed by atoms with Crippen LogP contribution in [0.1, 0.15) is 19.3 Å². The topological polar surface area (TPSA) is 61.7 Å². The lowest BCUT2D eigenvalue weighted by atomic mass is 9.70. The van der Waals surface area contributed by atoms with Gasteiger partial charge >= 0.3 is 0 Å². The summed E-state index contributed by atoms with van der Waals surface area (Å²) >= 11 is 0. The molecule has 0 radical (unpaired) electrons. The van der Waals surface area contributed by atoms with Crippen LogP contribution in [-0.2, 0) is 0 Å².